The van der Waals surface area contributed by atoms with Gasteiger partial charge in [0.15, 0.2) is 5.78 Å². The maximum atomic E-state index is 12.5. The Morgan fingerprint density at radius 3 is 2.57 bits per heavy atom. The minimum absolute atomic E-state index is 0.0483. The molecule has 3 nitrogen and oxygen atoms in total. The molecular weight excluding hydrogens is 346 g/mol. The van der Waals surface area contributed by atoms with Gasteiger partial charge in [0.2, 0.25) is 0 Å². The van der Waals surface area contributed by atoms with Gasteiger partial charge in [0.1, 0.15) is 6.61 Å². The number of aromatic nitrogens is 1. The Labute approximate surface area is 165 Å². The summed E-state index contributed by atoms with van der Waals surface area (Å²) in [5, 5.41) is 0.843. The van der Waals surface area contributed by atoms with Crippen molar-refractivity contribution in [2.45, 2.75) is 6.92 Å². The van der Waals surface area contributed by atoms with Crippen molar-refractivity contribution in [1.82, 2.24) is 4.98 Å². The monoisotopic (exact) mass is 369 g/mol. The summed E-state index contributed by atoms with van der Waals surface area (Å²) in [4.78, 5) is 17.3. The lowest BCUT2D eigenvalue weighted by Crippen LogP contribution is -2.08. The molecule has 0 unspecified atom stereocenters. The van der Waals surface area contributed by atoms with Gasteiger partial charge in [-0.05, 0) is 30.2 Å². The van der Waals surface area contributed by atoms with E-state index in [1.54, 1.807) is 6.08 Å². The Morgan fingerprint density at radius 2 is 1.89 bits per heavy atom. The van der Waals surface area contributed by atoms with Gasteiger partial charge >= 0.3 is 0 Å². The summed E-state index contributed by atoms with van der Waals surface area (Å²) in [6, 6.07) is 17.7. The van der Waals surface area contributed by atoms with Crippen LogP contribution in [0.1, 0.15) is 22.8 Å². The van der Waals surface area contributed by atoms with Gasteiger partial charge in [0.25, 0.3) is 0 Å². The number of para-hydroxylation sites is 1. The number of pyridine rings is 1. The molecule has 140 valence electrons. The number of benzene rings is 2. The van der Waals surface area contributed by atoms with Crippen molar-refractivity contribution in [1.29, 1.82) is 0 Å². The predicted octanol–water partition coefficient (Wildman–Crippen LogP) is 5.88. The summed E-state index contributed by atoms with van der Waals surface area (Å²) >= 11 is 0. The smallest absolute Gasteiger partial charge is 0.189 e. The van der Waals surface area contributed by atoms with Crippen LogP contribution in [0.15, 0.2) is 85.5 Å². The fourth-order valence-corrected chi connectivity index (χ4v) is 3.13. The van der Waals surface area contributed by atoms with Crippen LogP contribution in [0.4, 0.5) is 0 Å². The number of ketones is 1. The first-order valence-electron chi connectivity index (χ1n) is 9.16. The highest BCUT2D eigenvalue weighted by molar-refractivity contribution is 6.08. The molecule has 0 saturated carbocycles. The number of fused-ring (bicyclic) bond motifs is 1. The van der Waals surface area contributed by atoms with Crippen LogP contribution < -0.4 is 0 Å². The number of rotatable bonds is 7. The normalized spacial score (nSPS) is 11.9. The second-order valence-electron chi connectivity index (χ2n) is 6.34. The molecule has 3 rings (SSSR count). The zero-order valence-electron chi connectivity index (χ0n) is 16.2. The average molecular weight is 369 g/mol. The highest BCUT2D eigenvalue weighted by atomic mass is 16.5. The number of nitrogens with zero attached hydrogens (tertiary/aromatic N) is 1. The van der Waals surface area contributed by atoms with Gasteiger partial charge in [0.05, 0.1) is 11.2 Å². The minimum atomic E-state index is -0.0512. The highest BCUT2D eigenvalue weighted by Gasteiger charge is 2.13. The molecule has 0 aliphatic heterocycles. The van der Waals surface area contributed by atoms with Crippen LogP contribution in [0.25, 0.3) is 27.7 Å². The summed E-state index contributed by atoms with van der Waals surface area (Å²) in [7, 11) is 1.53. The molecule has 0 bridgehead atoms. The summed E-state index contributed by atoms with van der Waals surface area (Å²) in [6.45, 7) is 5.77. The molecule has 3 heteroatoms. The fourth-order valence-electron chi connectivity index (χ4n) is 3.13. The Bertz CT molecular complexity index is 1060. The van der Waals surface area contributed by atoms with Crippen molar-refractivity contribution in [2.75, 3.05) is 13.7 Å². The summed E-state index contributed by atoms with van der Waals surface area (Å²) in [5.74, 6) is -0.0512. The van der Waals surface area contributed by atoms with Crippen molar-refractivity contribution in [2.24, 2.45) is 0 Å². The van der Waals surface area contributed by atoms with E-state index in [0.717, 1.165) is 33.3 Å². The quantitative estimate of drug-likeness (QED) is 0.386. The molecule has 0 radical (unpaired) electrons. The summed E-state index contributed by atoms with van der Waals surface area (Å²) in [5.41, 5.74) is 5.40. The van der Waals surface area contributed by atoms with Gasteiger partial charge in [-0.25, -0.2) is 4.98 Å². The number of carbonyl (C=O) groups is 1. The fraction of sp³-hybridized carbons (Fsp3) is 0.120. The van der Waals surface area contributed by atoms with Gasteiger partial charge in [-0.15, -0.1) is 0 Å². The lowest BCUT2D eigenvalue weighted by molar-refractivity contribution is 0.0849. The Balaban J connectivity index is 2.05. The molecular formula is C25H23NO2. The van der Waals surface area contributed by atoms with E-state index in [0.29, 0.717) is 5.56 Å². The van der Waals surface area contributed by atoms with Crippen molar-refractivity contribution >= 4 is 22.3 Å². The van der Waals surface area contributed by atoms with Gasteiger partial charge in [0, 0.05) is 23.6 Å². The van der Waals surface area contributed by atoms with Crippen molar-refractivity contribution in [3.8, 4) is 11.3 Å². The number of Topliss-reactive ketones (excluding diaryl/α,β-unsaturated/α-hetero) is 1. The summed E-state index contributed by atoms with van der Waals surface area (Å²) < 4.78 is 5.05. The van der Waals surface area contributed by atoms with Crippen LogP contribution in [-0.4, -0.2) is 24.5 Å². The van der Waals surface area contributed by atoms with Gasteiger partial charge in [-0.1, -0.05) is 73.3 Å². The molecule has 1 aromatic heterocycles. The van der Waals surface area contributed by atoms with E-state index in [1.165, 1.54) is 7.11 Å². The van der Waals surface area contributed by atoms with Crippen molar-refractivity contribution < 1.29 is 9.53 Å². The van der Waals surface area contributed by atoms with Gasteiger partial charge < -0.3 is 4.74 Å². The number of allylic oxidation sites excluding steroid dienone is 5. The third-order valence-corrected chi connectivity index (χ3v) is 4.53. The Hall–Kier alpha value is -3.30. The van der Waals surface area contributed by atoms with E-state index < -0.39 is 0 Å². The molecule has 3 aromatic rings. The van der Waals surface area contributed by atoms with E-state index in [9.17, 15) is 4.79 Å². The Kier molecular flexibility index (Phi) is 6.30. The Morgan fingerprint density at radius 1 is 1.14 bits per heavy atom. The second kappa shape index (κ2) is 9.07. The zero-order chi connectivity index (χ0) is 19.9. The van der Waals surface area contributed by atoms with Crippen LogP contribution in [0.5, 0.6) is 0 Å². The number of hydrogen-bond acceptors (Lipinski definition) is 3. The molecule has 0 aliphatic carbocycles. The van der Waals surface area contributed by atoms with E-state index in [-0.39, 0.29) is 12.4 Å². The van der Waals surface area contributed by atoms with E-state index in [4.69, 9.17) is 9.72 Å². The lowest BCUT2D eigenvalue weighted by Gasteiger charge is -2.10. The van der Waals surface area contributed by atoms with Crippen LogP contribution in [0.2, 0.25) is 0 Å². The predicted molar refractivity (Wildman–Crippen MR) is 116 cm³/mol. The third-order valence-electron chi connectivity index (χ3n) is 4.53. The van der Waals surface area contributed by atoms with E-state index in [2.05, 4.69) is 24.8 Å². The topological polar surface area (TPSA) is 39.2 Å². The van der Waals surface area contributed by atoms with Crippen molar-refractivity contribution in [3.05, 3.63) is 96.6 Å². The summed E-state index contributed by atoms with van der Waals surface area (Å²) in [6.07, 6.45) is 7.76. The first kappa shape index (κ1) is 19.5. The van der Waals surface area contributed by atoms with Crippen LogP contribution in [0, 0.1) is 0 Å². The second-order valence-corrected chi connectivity index (χ2v) is 6.34. The highest BCUT2D eigenvalue weighted by Crippen LogP contribution is 2.27. The molecule has 28 heavy (non-hydrogen) atoms. The first-order valence-corrected chi connectivity index (χ1v) is 9.16. The third kappa shape index (κ3) is 4.16. The van der Waals surface area contributed by atoms with Crippen LogP contribution in [0.3, 0.4) is 0 Å². The average Bonchev–Trinajstić information content (AvgIpc) is 2.74. The van der Waals surface area contributed by atoms with Gasteiger partial charge in [-0.3, -0.25) is 4.79 Å². The van der Waals surface area contributed by atoms with Crippen molar-refractivity contribution in [3.63, 3.8) is 0 Å². The molecule has 0 spiro atoms. The molecule has 0 aliphatic rings. The van der Waals surface area contributed by atoms with E-state index >= 15 is 0 Å². The molecule has 0 amide bonds. The standard InChI is InChI=1S/C25H23NO2/c1-4-6-9-18(5-2)19-12-14-20(15-13-19)24-16-22(25(27)17-28-3)21-10-7-8-11-23(21)26-24/h4-16H,1,17H2,2-3H3/b9-6-,18-5+. The maximum absolute atomic E-state index is 12.5. The zero-order valence-corrected chi connectivity index (χ0v) is 16.2. The minimum Gasteiger partial charge on any atom is -0.377 e. The number of hydrogen-bond donors (Lipinski definition) is 0. The molecule has 2 aromatic carbocycles. The number of carbonyl (C=O) groups excluding carboxylic acids is 1. The maximum Gasteiger partial charge on any atom is 0.189 e. The molecule has 1 heterocycles. The number of methoxy groups -OCH3 is 1. The molecule has 0 fully saturated rings. The van der Waals surface area contributed by atoms with Crippen LogP contribution in [-0.2, 0) is 4.74 Å². The van der Waals surface area contributed by atoms with Crippen LogP contribution >= 0.6 is 0 Å². The SMILES string of the molecule is C=C/C=C\C(=C/C)c1ccc(-c2cc(C(=O)COC)c3ccccc3n2)cc1. The van der Waals surface area contributed by atoms with Gasteiger partial charge in [-0.2, -0.15) is 0 Å². The molecule has 0 saturated heterocycles. The van der Waals surface area contributed by atoms with E-state index in [1.807, 2.05) is 61.5 Å². The largest absolute Gasteiger partial charge is 0.377 e. The molecule has 0 atom stereocenters. The lowest BCUT2D eigenvalue weighted by atomic mass is 9.99. The molecule has 0 N–H and O–H groups in total. The first-order chi connectivity index (χ1) is 13.7. The number of ether oxygens (including phenoxy) is 1.